The van der Waals surface area contributed by atoms with Crippen molar-refractivity contribution in [1.82, 2.24) is 0 Å². The molecule has 0 aromatic carbocycles. The molecule has 0 unspecified atom stereocenters. The smallest absolute Gasteiger partial charge is 0.366 e. The summed E-state index contributed by atoms with van der Waals surface area (Å²) in [5, 5.41) is 0. The number of halogens is 1. The van der Waals surface area contributed by atoms with E-state index in [0.29, 0.717) is 0 Å². The molecule has 0 rings (SSSR count). The molecule has 0 aromatic heterocycles. The summed E-state index contributed by atoms with van der Waals surface area (Å²) in [7, 11) is -4.80. The van der Waals surface area contributed by atoms with Gasteiger partial charge >= 0.3 is 9.05 Å². The van der Waals surface area contributed by atoms with E-state index >= 15 is 0 Å². The first kappa shape index (κ1) is 10.5. The van der Waals surface area contributed by atoms with Gasteiger partial charge in [-0.3, -0.25) is 0 Å². The molecule has 0 aliphatic heterocycles. The third kappa shape index (κ3) is 10.7. The summed E-state index contributed by atoms with van der Waals surface area (Å²) in [6.07, 6.45) is 0. The molecule has 0 aliphatic rings. The largest absolute Gasteiger partial charge is 0.703 e. The molecule has 3 N–H and O–H groups in total. The Balaban J connectivity index is 0. The molecule has 0 bridgehead atoms. The Morgan fingerprint density at radius 2 is 1.43 bits per heavy atom. The summed E-state index contributed by atoms with van der Waals surface area (Å²) in [6.45, 7) is 0. The van der Waals surface area contributed by atoms with Crippen LogP contribution < -0.4 is 0 Å². The Bertz CT molecular complexity index is 41.4. The third-order valence-corrected chi connectivity index (χ3v) is 0.311. The summed E-state index contributed by atoms with van der Waals surface area (Å²) in [5.74, 6) is 0. The molecular weight excluding hydrogens is 166 g/mol. The first-order chi connectivity index (χ1) is 2.56. The van der Waals surface area contributed by atoms with Crippen LogP contribution >= 0.6 is 0 Å². The quantitative estimate of drug-likeness (QED) is 0.409. The first-order valence-electron chi connectivity index (χ1n) is 1.03. The van der Waals surface area contributed by atoms with Gasteiger partial charge in [0, 0.05) is 17.1 Å². The van der Waals surface area contributed by atoms with Crippen LogP contribution in [0.1, 0.15) is 0 Å². The first-order valence-corrected chi connectivity index (χ1v) is 2.78. The van der Waals surface area contributed by atoms with Crippen molar-refractivity contribution >= 4 is 9.05 Å². The van der Waals surface area contributed by atoms with E-state index in [2.05, 4.69) is 4.63 Å². The van der Waals surface area contributed by atoms with Gasteiger partial charge in [0.15, 0.2) is 0 Å². The van der Waals surface area contributed by atoms with Crippen molar-refractivity contribution in [1.29, 1.82) is 0 Å². The van der Waals surface area contributed by atoms with Crippen LogP contribution in [0.2, 0.25) is 0 Å². The van der Waals surface area contributed by atoms with Crippen molar-refractivity contribution in [3.8, 4) is 0 Å². The number of hydrogen-bond donors (Lipinski definition) is 3. The van der Waals surface area contributed by atoms with E-state index in [1.54, 1.807) is 0 Å². The zero-order chi connectivity index (χ0) is 5.21. The van der Waals surface area contributed by atoms with E-state index in [4.69, 9.17) is 14.4 Å². The van der Waals surface area contributed by atoms with Crippen LogP contribution in [0.15, 0.2) is 0 Å². The third-order valence-electron chi connectivity index (χ3n) is 0.104. The zero-order valence-corrected chi connectivity index (χ0v) is 5.19. The molecule has 0 saturated carbocycles. The predicted octanol–water partition coefficient (Wildman–Crippen LogP) is -1.70. The van der Waals surface area contributed by atoms with Crippen molar-refractivity contribution in [3.05, 3.63) is 0 Å². The van der Waals surface area contributed by atoms with Crippen molar-refractivity contribution in [2.45, 2.75) is 0 Å². The molecule has 45 valence electrons. The molecule has 0 aromatic rings. The molecule has 0 aliphatic carbocycles. The van der Waals surface area contributed by atoms with Crippen molar-refractivity contribution < 1.29 is 40.6 Å². The van der Waals surface area contributed by atoms with E-state index in [9.17, 15) is 4.53 Å². The zero-order valence-electron chi connectivity index (χ0n) is 3.01. The van der Waals surface area contributed by atoms with Gasteiger partial charge in [0.2, 0.25) is 0 Å². The van der Waals surface area contributed by atoms with Crippen molar-refractivity contribution in [2.75, 3.05) is 0 Å². The Labute approximate surface area is 50.4 Å². The molecule has 0 heterocycles. The van der Waals surface area contributed by atoms with Crippen LogP contribution in [-0.4, -0.2) is 23.4 Å². The van der Waals surface area contributed by atoms with E-state index in [1.807, 2.05) is 0 Å². The van der Waals surface area contributed by atoms with Gasteiger partial charge < -0.3 is 14.4 Å². The summed E-state index contributed by atoms with van der Waals surface area (Å²) in [6, 6.07) is 0. The molecule has 0 spiro atoms. The summed E-state index contributed by atoms with van der Waals surface area (Å²) < 4.78 is 12.6. The van der Waals surface area contributed by atoms with Gasteiger partial charge in [-0.1, -0.05) is 4.53 Å². The van der Waals surface area contributed by atoms with Crippen LogP contribution in [-0.2, 0) is 21.7 Å². The maximum atomic E-state index is 10.3. The van der Waals surface area contributed by atoms with Gasteiger partial charge in [-0.15, -0.1) is 0 Å². The maximum Gasteiger partial charge on any atom is 0.703 e. The number of hydrogen-bond acceptors (Lipinski definition) is 4. The van der Waals surface area contributed by atoms with Gasteiger partial charge in [-0.05, 0) is 0 Å². The van der Waals surface area contributed by atoms with Gasteiger partial charge in [0.25, 0.3) is 0 Å². The minimum Gasteiger partial charge on any atom is -0.366 e. The Morgan fingerprint density at radius 3 is 1.43 bits per heavy atom. The summed E-state index contributed by atoms with van der Waals surface area (Å²) in [4.78, 5) is 22.4. The van der Waals surface area contributed by atoms with Crippen LogP contribution in [0.3, 0.4) is 0 Å². The Kier molecular flexibility index (Phi) is 5.24. The minimum absolute atomic E-state index is 0. The average molecular weight is 169 g/mol. The SMILES string of the molecule is O[Si](O)(O)OF.[Mn]. The van der Waals surface area contributed by atoms with Crippen LogP contribution in [0.25, 0.3) is 0 Å². The molecule has 0 amide bonds. The fourth-order valence-corrected chi connectivity index (χ4v) is 0. The van der Waals surface area contributed by atoms with Gasteiger partial charge in [0.1, 0.15) is 0 Å². The van der Waals surface area contributed by atoms with Crippen LogP contribution in [0, 0.1) is 0 Å². The molecule has 0 atom stereocenters. The van der Waals surface area contributed by atoms with Crippen molar-refractivity contribution in [2.24, 2.45) is 0 Å². The second kappa shape index (κ2) is 3.50. The maximum absolute atomic E-state index is 10.3. The van der Waals surface area contributed by atoms with Crippen molar-refractivity contribution in [3.63, 3.8) is 0 Å². The second-order valence-electron chi connectivity index (χ2n) is 0.651. The Morgan fingerprint density at radius 1 is 1.29 bits per heavy atom. The molecule has 4 nitrogen and oxygen atoms in total. The predicted molar refractivity (Wildman–Crippen MR) is 14.6 cm³/mol. The van der Waals surface area contributed by atoms with E-state index in [-0.39, 0.29) is 17.1 Å². The normalized spacial score (nSPS) is 10.3. The van der Waals surface area contributed by atoms with Gasteiger partial charge in [-0.2, -0.15) is 4.63 Å². The molecular formula is H3FMnO4Si. The fourth-order valence-electron chi connectivity index (χ4n) is 0. The van der Waals surface area contributed by atoms with Gasteiger partial charge in [0.05, 0.1) is 0 Å². The molecule has 0 fully saturated rings. The molecule has 0 saturated heterocycles. The average Bonchev–Trinajstić information content (AvgIpc) is 1.35. The number of rotatable bonds is 1. The standard InChI is InChI=1S/FH3O4Si.Mn/c1-5-6(2,3)4;/h2-4H;. The molecule has 7 heteroatoms. The fraction of sp³-hybridized carbons (Fsp3) is 0. The van der Waals surface area contributed by atoms with E-state index < -0.39 is 9.05 Å². The van der Waals surface area contributed by atoms with E-state index in [1.165, 1.54) is 0 Å². The van der Waals surface area contributed by atoms with Gasteiger partial charge in [-0.25, -0.2) is 0 Å². The minimum atomic E-state index is -4.80. The summed E-state index contributed by atoms with van der Waals surface area (Å²) >= 11 is 0. The summed E-state index contributed by atoms with van der Waals surface area (Å²) in [5.41, 5.74) is 0. The van der Waals surface area contributed by atoms with E-state index in [0.717, 1.165) is 0 Å². The molecule has 1 radical (unpaired) electrons. The van der Waals surface area contributed by atoms with Crippen LogP contribution in [0.5, 0.6) is 0 Å². The van der Waals surface area contributed by atoms with Crippen LogP contribution in [0.4, 0.5) is 4.53 Å². The monoisotopic (exact) mass is 169 g/mol. The molecule has 7 heavy (non-hydrogen) atoms. The second-order valence-corrected chi connectivity index (χ2v) is 1.95. The topological polar surface area (TPSA) is 69.9 Å². The Hall–Kier alpha value is 0.506.